The lowest BCUT2D eigenvalue weighted by molar-refractivity contribution is -0.120. The molecule has 1 saturated carbocycles. The topological polar surface area (TPSA) is 116 Å². The summed E-state index contributed by atoms with van der Waals surface area (Å²) in [6.45, 7) is 5.80. The van der Waals surface area contributed by atoms with Crippen LogP contribution in [-0.4, -0.2) is 52.6 Å². The molecule has 0 spiro atoms. The van der Waals surface area contributed by atoms with Crippen LogP contribution < -0.4 is 11.1 Å². The molecule has 0 aromatic carbocycles. The zero-order chi connectivity index (χ0) is 19.4. The molecule has 2 aliphatic carbocycles. The lowest BCUT2D eigenvalue weighted by Crippen LogP contribution is -2.57. The molecular formula is C20H32N2O4. The van der Waals surface area contributed by atoms with Crippen molar-refractivity contribution in [2.24, 2.45) is 17.1 Å². The highest BCUT2D eigenvalue weighted by atomic mass is 16.3. The summed E-state index contributed by atoms with van der Waals surface area (Å²) in [7, 11) is 0. The van der Waals surface area contributed by atoms with Crippen LogP contribution >= 0.6 is 0 Å². The van der Waals surface area contributed by atoms with Crippen LogP contribution in [0.2, 0.25) is 0 Å². The van der Waals surface area contributed by atoms with Gasteiger partial charge in [0, 0.05) is 24.4 Å². The number of nitrogens with one attached hydrogen (secondary N) is 1. The third-order valence-electron chi connectivity index (χ3n) is 6.08. The Bertz CT molecular complexity index is 601. The predicted molar refractivity (Wildman–Crippen MR) is 101 cm³/mol. The van der Waals surface area contributed by atoms with Crippen LogP contribution in [0, 0.1) is 11.3 Å². The fourth-order valence-corrected chi connectivity index (χ4v) is 4.34. The van der Waals surface area contributed by atoms with Gasteiger partial charge in [-0.25, -0.2) is 0 Å². The second kappa shape index (κ2) is 8.48. The number of rotatable bonds is 7. The molecule has 6 heteroatoms. The van der Waals surface area contributed by atoms with Crippen molar-refractivity contribution in [3.05, 3.63) is 36.0 Å². The summed E-state index contributed by atoms with van der Waals surface area (Å²) in [6, 6.07) is -0.503. The molecule has 0 aromatic rings. The van der Waals surface area contributed by atoms with Gasteiger partial charge in [-0.3, -0.25) is 4.79 Å². The van der Waals surface area contributed by atoms with Gasteiger partial charge in [0.2, 0.25) is 5.91 Å². The zero-order valence-electron chi connectivity index (χ0n) is 15.6. The summed E-state index contributed by atoms with van der Waals surface area (Å²) in [5, 5.41) is 33.2. The van der Waals surface area contributed by atoms with E-state index in [2.05, 4.69) is 31.0 Å². The summed E-state index contributed by atoms with van der Waals surface area (Å²) in [4.78, 5) is 12.0. The summed E-state index contributed by atoms with van der Waals surface area (Å²) in [5.41, 5.74) is 4.95. The monoisotopic (exact) mass is 364 g/mol. The zero-order valence-corrected chi connectivity index (χ0v) is 15.6. The van der Waals surface area contributed by atoms with Crippen molar-refractivity contribution in [3.8, 4) is 0 Å². The SMILES string of the molecule is C=C1CC[C@H]2C=CCC[C@]2(C)[C@@]1(O)/C(=C\CC(=O)NCC(N)CO)CO. The Hall–Kier alpha value is -1.47. The molecule has 0 heterocycles. The van der Waals surface area contributed by atoms with Crippen molar-refractivity contribution < 1.29 is 20.1 Å². The Morgan fingerprint density at radius 3 is 2.92 bits per heavy atom. The molecule has 6 N–H and O–H groups in total. The van der Waals surface area contributed by atoms with Gasteiger partial charge in [0.25, 0.3) is 0 Å². The van der Waals surface area contributed by atoms with E-state index in [0.717, 1.165) is 19.3 Å². The van der Waals surface area contributed by atoms with E-state index < -0.39 is 17.1 Å². The lowest BCUT2D eigenvalue weighted by Gasteiger charge is -2.56. The molecule has 0 radical (unpaired) electrons. The van der Waals surface area contributed by atoms with E-state index in [1.54, 1.807) is 6.08 Å². The van der Waals surface area contributed by atoms with Gasteiger partial charge in [0.1, 0.15) is 5.60 Å². The summed E-state index contributed by atoms with van der Waals surface area (Å²) in [6.07, 6.45) is 9.26. The molecular weight excluding hydrogens is 332 g/mol. The third kappa shape index (κ3) is 3.78. The number of carbonyl (C=O) groups is 1. The number of nitrogens with two attached hydrogens (primary N) is 1. The maximum atomic E-state index is 12.0. The molecule has 146 valence electrons. The van der Waals surface area contributed by atoms with Crippen molar-refractivity contribution in [3.63, 3.8) is 0 Å². The van der Waals surface area contributed by atoms with E-state index in [4.69, 9.17) is 10.8 Å². The van der Waals surface area contributed by atoms with Crippen LogP contribution in [0.25, 0.3) is 0 Å². The molecule has 0 aromatic heterocycles. The third-order valence-corrected chi connectivity index (χ3v) is 6.08. The number of amides is 1. The lowest BCUT2D eigenvalue weighted by atomic mass is 9.51. The Labute approximate surface area is 155 Å². The van der Waals surface area contributed by atoms with Crippen LogP contribution in [0.3, 0.4) is 0 Å². The average Bonchev–Trinajstić information content (AvgIpc) is 2.64. The summed E-state index contributed by atoms with van der Waals surface area (Å²) >= 11 is 0. The Balaban J connectivity index is 2.21. The van der Waals surface area contributed by atoms with Crippen LogP contribution in [0.4, 0.5) is 0 Å². The average molecular weight is 364 g/mol. The smallest absolute Gasteiger partial charge is 0.223 e. The van der Waals surface area contributed by atoms with Gasteiger partial charge in [-0.15, -0.1) is 0 Å². The van der Waals surface area contributed by atoms with E-state index in [0.29, 0.717) is 17.6 Å². The molecule has 1 fully saturated rings. The van der Waals surface area contributed by atoms with E-state index in [9.17, 15) is 15.0 Å². The van der Waals surface area contributed by atoms with Crippen LogP contribution in [-0.2, 0) is 4.79 Å². The normalized spacial score (nSPS) is 32.9. The molecule has 1 unspecified atom stereocenters. The first-order valence-electron chi connectivity index (χ1n) is 9.30. The van der Waals surface area contributed by atoms with Crippen LogP contribution in [0.1, 0.15) is 39.0 Å². The maximum absolute atomic E-state index is 12.0. The molecule has 0 bridgehead atoms. The van der Waals surface area contributed by atoms with Crippen molar-refractivity contribution in [1.29, 1.82) is 0 Å². The number of hydrogen-bond acceptors (Lipinski definition) is 5. The Morgan fingerprint density at radius 1 is 1.54 bits per heavy atom. The highest BCUT2D eigenvalue weighted by molar-refractivity contribution is 5.77. The first-order chi connectivity index (χ1) is 12.3. The standard InChI is InChI=1S/C20H32N2O4/c1-14-6-7-15-5-3-4-10-19(15,2)20(14,26)16(12-23)8-9-18(25)22-11-17(21)13-24/h3,5,8,15,17,23-24,26H,1,4,6-7,9-13,21H2,2H3,(H,22,25)/b16-8-/t15-,17?,19+,20+/m1/s1. The molecule has 6 nitrogen and oxygen atoms in total. The van der Waals surface area contributed by atoms with Crippen LogP contribution in [0.5, 0.6) is 0 Å². The minimum absolute atomic E-state index is 0.0280. The minimum atomic E-state index is -1.32. The highest BCUT2D eigenvalue weighted by Crippen LogP contribution is 2.57. The van der Waals surface area contributed by atoms with Gasteiger partial charge in [0.05, 0.1) is 13.2 Å². The summed E-state index contributed by atoms with van der Waals surface area (Å²) in [5.74, 6) is -0.0480. The fraction of sp³-hybridized carbons (Fsp3) is 0.650. The van der Waals surface area contributed by atoms with Gasteiger partial charge in [-0.05, 0) is 42.7 Å². The van der Waals surface area contributed by atoms with Crippen molar-refractivity contribution in [2.75, 3.05) is 19.8 Å². The van der Waals surface area contributed by atoms with E-state index in [1.807, 2.05) is 0 Å². The maximum Gasteiger partial charge on any atom is 0.223 e. The number of hydrogen-bond donors (Lipinski definition) is 5. The quantitative estimate of drug-likeness (QED) is 0.428. The highest BCUT2D eigenvalue weighted by Gasteiger charge is 2.56. The first kappa shape index (κ1) is 20.8. The second-order valence-corrected chi connectivity index (χ2v) is 7.68. The predicted octanol–water partition coefficient (Wildman–Crippen LogP) is 0.785. The van der Waals surface area contributed by atoms with Crippen molar-refractivity contribution in [2.45, 2.75) is 50.7 Å². The molecule has 0 aliphatic heterocycles. The number of aliphatic hydroxyl groups excluding tert-OH is 2. The van der Waals surface area contributed by atoms with Gasteiger partial charge >= 0.3 is 0 Å². The van der Waals surface area contributed by atoms with Gasteiger partial charge in [-0.2, -0.15) is 0 Å². The van der Waals surface area contributed by atoms with Crippen LogP contribution in [0.15, 0.2) is 36.0 Å². The molecule has 1 amide bonds. The van der Waals surface area contributed by atoms with Gasteiger partial charge in [-0.1, -0.05) is 31.7 Å². The van der Waals surface area contributed by atoms with E-state index in [1.165, 1.54) is 0 Å². The van der Waals surface area contributed by atoms with Gasteiger partial charge < -0.3 is 26.4 Å². The first-order valence-corrected chi connectivity index (χ1v) is 9.30. The summed E-state index contributed by atoms with van der Waals surface area (Å²) < 4.78 is 0. The number of fused-ring (bicyclic) bond motifs is 1. The fourth-order valence-electron chi connectivity index (χ4n) is 4.34. The van der Waals surface area contributed by atoms with E-state index in [-0.39, 0.29) is 38.0 Å². The number of aliphatic hydroxyl groups is 3. The Morgan fingerprint density at radius 2 is 2.27 bits per heavy atom. The molecule has 0 saturated heterocycles. The number of allylic oxidation sites excluding steroid dienone is 2. The molecule has 26 heavy (non-hydrogen) atoms. The number of carbonyl (C=O) groups excluding carboxylic acids is 1. The molecule has 2 aliphatic rings. The van der Waals surface area contributed by atoms with E-state index >= 15 is 0 Å². The molecule has 4 atom stereocenters. The van der Waals surface area contributed by atoms with Gasteiger partial charge in [0.15, 0.2) is 0 Å². The molecule has 2 rings (SSSR count). The Kier molecular flexibility index (Phi) is 6.80. The largest absolute Gasteiger partial charge is 0.395 e. The minimum Gasteiger partial charge on any atom is -0.395 e. The van der Waals surface area contributed by atoms with Crippen molar-refractivity contribution >= 4 is 5.91 Å². The van der Waals surface area contributed by atoms with Crippen molar-refractivity contribution in [1.82, 2.24) is 5.32 Å². The second-order valence-electron chi connectivity index (χ2n) is 7.68.